The van der Waals surface area contributed by atoms with Gasteiger partial charge < -0.3 is 33.8 Å². The molecule has 0 heterocycles. The molecular weight excluding hydrogens is 1220 g/mol. The summed E-state index contributed by atoms with van der Waals surface area (Å²) in [5, 5.41) is 10.6. The second kappa shape index (κ2) is 66.8. The van der Waals surface area contributed by atoms with Crippen LogP contribution in [0, 0.1) is 5.92 Å². The molecule has 0 aliphatic carbocycles. The van der Waals surface area contributed by atoms with E-state index >= 15 is 0 Å². The predicted octanol–water partition coefficient (Wildman–Crippen LogP) is 21.2. The highest BCUT2D eigenvalue weighted by molar-refractivity contribution is 7.47. The summed E-state index contributed by atoms with van der Waals surface area (Å²) in [5.41, 5.74) is 0. The van der Waals surface area contributed by atoms with Gasteiger partial charge in [-0.3, -0.25) is 37.3 Å². The number of aliphatic hydroxyl groups excluding tert-OH is 1. The van der Waals surface area contributed by atoms with Crippen LogP contribution in [-0.4, -0.2) is 96.7 Å². The molecule has 0 radical (unpaired) electrons. The van der Waals surface area contributed by atoms with Gasteiger partial charge in [0.05, 0.1) is 26.4 Å². The fourth-order valence-electron chi connectivity index (χ4n) is 10.8. The van der Waals surface area contributed by atoms with E-state index < -0.39 is 97.5 Å². The molecule has 0 bridgehead atoms. The zero-order valence-electron chi connectivity index (χ0n) is 59.9. The maximum atomic E-state index is 13.1. The molecule has 6 atom stereocenters. The lowest BCUT2D eigenvalue weighted by molar-refractivity contribution is -0.161. The number of phosphoric acid groups is 2. The molecule has 0 spiro atoms. The van der Waals surface area contributed by atoms with Crippen LogP contribution in [0.5, 0.6) is 0 Å². The average molecular weight is 1360 g/mol. The van der Waals surface area contributed by atoms with Gasteiger partial charge in [0.25, 0.3) is 0 Å². The summed E-state index contributed by atoms with van der Waals surface area (Å²) < 4.78 is 68.3. The number of hydrogen-bond donors (Lipinski definition) is 3. The summed E-state index contributed by atoms with van der Waals surface area (Å²) >= 11 is 0. The van der Waals surface area contributed by atoms with E-state index in [9.17, 15) is 43.2 Å². The van der Waals surface area contributed by atoms with Crippen molar-refractivity contribution in [3.63, 3.8) is 0 Å². The normalized spacial score (nSPS) is 14.5. The third kappa shape index (κ3) is 66.6. The standard InChI is InChI=1S/C74H140O17P2/c1-6-10-13-16-19-22-24-26-28-29-30-31-33-35-37-40-43-49-54-59-73(78)90-69(63-85-72(77)58-53-48-42-39-36-34-32-27-25-23-20-17-14-11-7-2)65-88-92(80,81)86-61-68(75)62-87-93(82,83)89-66-70(64-84-71(76)57-52-47-41-38-21-18-15-12-8-3)91-74(79)60-55-50-45-44-46-51-56-67(5)9-4/h23,25,27,32,67-70,75H,6-22,24,26,28-31,33-66H2,1-5H3,(H,80,81)(H,82,83)/b25-23-,32-27-/t67?,68-,69-,70-/m1/s1. The number of phosphoric ester groups is 2. The largest absolute Gasteiger partial charge is 0.472 e. The summed E-state index contributed by atoms with van der Waals surface area (Å²) in [5.74, 6) is -1.43. The Kier molecular flexibility index (Phi) is 65.0. The number of hydrogen-bond acceptors (Lipinski definition) is 15. The van der Waals surface area contributed by atoms with Gasteiger partial charge in [0.2, 0.25) is 0 Å². The van der Waals surface area contributed by atoms with Crippen molar-refractivity contribution in [3.05, 3.63) is 24.3 Å². The summed E-state index contributed by atoms with van der Waals surface area (Å²) in [7, 11) is -9.91. The highest BCUT2D eigenvalue weighted by atomic mass is 31.2. The first-order chi connectivity index (χ1) is 45.1. The Hall–Kier alpha value is -2.46. The van der Waals surface area contributed by atoms with Crippen LogP contribution in [-0.2, 0) is 65.4 Å². The lowest BCUT2D eigenvalue weighted by Crippen LogP contribution is -2.30. The third-order valence-corrected chi connectivity index (χ3v) is 18.9. The molecule has 0 aromatic rings. The van der Waals surface area contributed by atoms with Gasteiger partial charge in [-0.05, 0) is 57.3 Å². The van der Waals surface area contributed by atoms with Crippen molar-refractivity contribution in [2.24, 2.45) is 5.92 Å². The lowest BCUT2D eigenvalue weighted by atomic mass is 10.00. The van der Waals surface area contributed by atoms with E-state index in [-0.39, 0.29) is 25.7 Å². The zero-order valence-corrected chi connectivity index (χ0v) is 61.7. The van der Waals surface area contributed by atoms with E-state index in [1.165, 1.54) is 167 Å². The van der Waals surface area contributed by atoms with Gasteiger partial charge in [0, 0.05) is 25.7 Å². The summed E-state index contributed by atoms with van der Waals surface area (Å²) in [4.78, 5) is 72.6. The number of carbonyl (C=O) groups is 4. The molecule has 19 heteroatoms. The van der Waals surface area contributed by atoms with Crippen molar-refractivity contribution in [2.45, 2.75) is 380 Å². The van der Waals surface area contributed by atoms with Crippen molar-refractivity contribution in [1.82, 2.24) is 0 Å². The molecule has 548 valence electrons. The van der Waals surface area contributed by atoms with Crippen LogP contribution >= 0.6 is 15.6 Å². The SMILES string of the molecule is CCCCCC/C=C\C=C/CCCCCCCC(=O)OC[C@H](COP(=O)(O)OC[C@@H](O)COP(=O)(O)OC[C@@H](COC(=O)CCCCCCCCCCC)OC(=O)CCCCCCCCC(C)CC)OC(=O)CCCCCCCCCCCCCCCCCCCCC. The Morgan fingerprint density at radius 3 is 0.914 bits per heavy atom. The van der Waals surface area contributed by atoms with Crippen LogP contribution in [0.15, 0.2) is 24.3 Å². The van der Waals surface area contributed by atoms with Crippen LogP contribution in [0.3, 0.4) is 0 Å². The highest BCUT2D eigenvalue weighted by Crippen LogP contribution is 2.45. The number of unbranched alkanes of at least 4 members (excludes halogenated alkanes) is 40. The first-order valence-electron chi connectivity index (χ1n) is 38.0. The van der Waals surface area contributed by atoms with E-state index in [1.54, 1.807) is 0 Å². The number of allylic oxidation sites excluding steroid dienone is 4. The zero-order chi connectivity index (χ0) is 68.4. The van der Waals surface area contributed by atoms with Gasteiger partial charge in [-0.2, -0.15) is 0 Å². The molecule has 0 amide bonds. The van der Waals surface area contributed by atoms with Crippen LogP contribution < -0.4 is 0 Å². The molecule has 0 rings (SSSR count). The van der Waals surface area contributed by atoms with Crippen molar-refractivity contribution in [1.29, 1.82) is 0 Å². The minimum absolute atomic E-state index is 0.101. The molecule has 0 saturated heterocycles. The Balaban J connectivity index is 5.24. The molecule has 0 aromatic heterocycles. The minimum Gasteiger partial charge on any atom is -0.462 e. The maximum absolute atomic E-state index is 13.1. The number of carbonyl (C=O) groups excluding carboxylic acids is 4. The van der Waals surface area contributed by atoms with Gasteiger partial charge in [0.15, 0.2) is 12.2 Å². The first-order valence-corrected chi connectivity index (χ1v) is 41.0. The minimum atomic E-state index is -4.96. The Morgan fingerprint density at radius 2 is 0.602 bits per heavy atom. The van der Waals surface area contributed by atoms with E-state index in [0.29, 0.717) is 25.7 Å². The lowest BCUT2D eigenvalue weighted by Gasteiger charge is -2.21. The van der Waals surface area contributed by atoms with Gasteiger partial charge in [-0.1, -0.05) is 309 Å². The smallest absolute Gasteiger partial charge is 0.462 e. The van der Waals surface area contributed by atoms with Gasteiger partial charge in [-0.15, -0.1) is 0 Å². The Labute approximate surface area is 567 Å². The molecule has 3 N–H and O–H groups in total. The van der Waals surface area contributed by atoms with Crippen molar-refractivity contribution < 1.29 is 80.2 Å². The fraction of sp³-hybridized carbons (Fsp3) is 0.892. The first kappa shape index (κ1) is 90.5. The van der Waals surface area contributed by atoms with Crippen molar-refractivity contribution >= 4 is 39.5 Å². The van der Waals surface area contributed by atoms with E-state index in [1.807, 2.05) is 0 Å². The number of ether oxygens (including phenoxy) is 4. The van der Waals surface area contributed by atoms with E-state index in [0.717, 1.165) is 115 Å². The Morgan fingerprint density at radius 1 is 0.344 bits per heavy atom. The number of esters is 4. The quantitative estimate of drug-likeness (QED) is 0.0169. The monoisotopic (exact) mass is 1360 g/mol. The molecule has 0 aliphatic rings. The number of rotatable bonds is 72. The molecule has 0 fully saturated rings. The second-order valence-electron chi connectivity index (χ2n) is 26.2. The average Bonchev–Trinajstić information content (AvgIpc) is 2.12. The molecule has 0 saturated carbocycles. The van der Waals surface area contributed by atoms with Gasteiger partial charge >= 0.3 is 39.5 Å². The van der Waals surface area contributed by atoms with Crippen LogP contribution in [0.1, 0.15) is 362 Å². The van der Waals surface area contributed by atoms with Crippen LogP contribution in [0.2, 0.25) is 0 Å². The van der Waals surface area contributed by atoms with Crippen molar-refractivity contribution in [3.8, 4) is 0 Å². The third-order valence-electron chi connectivity index (χ3n) is 17.0. The molecule has 93 heavy (non-hydrogen) atoms. The fourth-order valence-corrected chi connectivity index (χ4v) is 12.4. The summed E-state index contributed by atoms with van der Waals surface area (Å²) in [6.45, 7) is 7.14. The predicted molar refractivity (Wildman–Crippen MR) is 377 cm³/mol. The molecule has 0 aliphatic heterocycles. The molecule has 0 aromatic carbocycles. The van der Waals surface area contributed by atoms with Crippen molar-refractivity contribution in [2.75, 3.05) is 39.6 Å². The number of aliphatic hydroxyl groups is 1. The van der Waals surface area contributed by atoms with Gasteiger partial charge in [-0.25, -0.2) is 9.13 Å². The molecular formula is C74H140O17P2. The molecule has 17 nitrogen and oxygen atoms in total. The second-order valence-corrected chi connectivity index (χ2v) is 29.1. The van der Waals surface area contributed by atoms with Crippen LogP contribution in [0.25, 0.3) is 0 Å². The topological polar surface area (TPSA) is 237 Å². The summed E-state index contributed by atoms with van der Waals surface area (Å²) in [6.07, 6.45) is 57.8. The summed E-state index contributed by atoms with van der Waals surface area (Å²) in [6, 6.07) is 0. The van der Waals surface area contributed by atoms with Gasteiger partial charge in [0.1, 0.15) is 19.3 Å². The maximum Gasteiger partial charge on any atom is 0.472 e. The van der Waals surface area contributed by atoms with E-state index in [2.05, 4.69) is 58.9 Å². The highest BCUT2D eigenvalue weighted by Gasteiger charge is 2.30. The van der Waals surface area contributed by atoms with Crippen LogP contribution in [0.4, 0.5) is 0 Å². The molecule has 3 unspecified atom stereocenters. The van der Waals surface area contributed by atoms with E-state index in [4.69, 9.17) is 37.0 Å². The Bertz CT molecular complexity index is 1880.